The Hall–Kier alpha value is 1.45. The summed E-state index contributed by atoms with van der Waals surface area (Å²) < 4.78 is 0. The van der Waals surface area contributed by atoms with Crippen LogP contribution in [0, 0.1) is 11.8 Å². The second kappa shape index (κ2) is 51.3. The van der Waals surface area contributed by atoms with Crippen LogP contribution in [-0.2, 0) is 0 Å². The summed E-state index contributed by atoms with van der Waals surface area (Å²) in [6.45, 7) is 4.75. The Kier molecular flexibility index (Phi) is 328. The van der Waals surface area contributed by atoms with Crippen molar-refractivity contribution in [1.82, 2.24) is 0 Å². The summed E-state index contributed by atoms with van der Waals surface area (Å²) in [5.74, 6) is 0. The molecule has 0 heterocycles. The minimum absolute atomic E-state index is 0. The van der Waals surface area contributed by atoms with Crippen molar-refractivity contribution in [3.8, 4) is 0 Å². The number of hydrogen-bond donors (Lipinski definition) is 0. The SMILES string of the molecule is [C-]#N.[Na+].[Na+].[OH-]. The second-order valence-corrected chi connectivity index (χ2v) is 0. The van der Waals surface area contributed by atoms with E-state index in [4.69, 9.17) is 11.8 Å². The molecule has 0 bridgehead atoms. The molecule has 0 spiro atoms. The third kappa shape index (κ3) is 30.9. The Morgan fingerprint density at radius 3 is 1.00 bits per heavy atom. The molecule has 18 valence electrons. The fraction of sp³-hybridized carbons (Fsp3) is 0. The summed E-state index contributed by atoms with van der Waals surface area (Å²) in [5.41, 5.74) is 0. The molecule has 0 radical (unpaired) electrons. The first kappa shape index (κ1) is 31.9. The van der Waals surface area contributed by atoms with E-state index in [2.05, 4.69) is 0 Å². The zero-order valence-corrected chi connectivity index (χ0v) is 7.39. The molecule has 0 aromatic rings. The molecule has 4 heteroatoms. The first-order valence-electron chi connectivity index (χ1n) is 0.224. The maximum absolute atomic E-state index is 6.25. The van der Waals surface area contributed by atoms with Gasteiger partial charge < -0.3 is 17.3 Å². The van der Waals surface area contributed by atoms with Gasteiger partial charge in [-0.1, -0.05) is 0 Å². The summed E-state index contributed by atoms with van der Waals surface area (Å²) in [4.78, 5) is 0. The summed E-state index contributed by atoms with van der Waals surface area (Å²) in [6, 6.07) is 0. The maximum atomic E-state index is 6.25. The van der Waals surface area contributed by atoms with Crippen LogP contribution < -0.4 is 59.1 Å². The van der Waals surface area contributed by atoms with Crippen molar-refractivity contribution >= 4 is 0 Å². The summed E-state index contributed by atoms with van der Waals surface area (Å²) in [7, 11) is 0. The van der Waals surface area contributed by atoms with Crippen molar-refractivity contribution in [2.45, 2.75) is 0 Å². The molecule has 0 rings (SSSR count). The van der Waals surface area contributed by atoms with Gasteiger partial charge in [0, 0.05) is 0 Å². The van der Waals surface area contributed by atoms with Gasteiger partial charge in [0.05, 0.1) is 0 Å². The van der Waals surface area contributed by atoms with Crippen LogP contribution in [0.5, 0.6) is 0 Å². The Morgan fingerprint density at radius 1 is 1.00 bits per heavy atom. The zero-order chi connectivity index (χ0) is 2.00. The van der Waals surface area contributed by atoms with Gasteiger partial charge in [-0.2, -0.15) is 0 Å². The van der Waals surface area contributed by atoms with Crippen molar-refractivity contribution in [3.63, 3.8) is 0 Å². The number of rotatable bonds is 0. The van der Waals surface area contributed by atoms with Gasteiger partial charge in [0.2, 0.25) is 0 Å². The Morgan fingerprint density at radius 2 is 1.00 bits per heavy atom. The van der Waals surface area contributed by atoms with Crippen LogP contribution in [0.15, 0.2) is 0 Å². The van der Waals surface area contributed by atoms with Crippen LogP contribution in [0.2, 0.25) is 0 Å². The Balaban J connectivity index is -0.00000000167. The van der Waals surface area contributed by atoms with Gasteiger partial charge in [0.15, 0.2) is 0 Å². The summed E-state index contributed by atoms with van der Waals surface area (Å²) in [5, 5.41) is 6.25. The van der Waals surface area contributed by atoms with E-state index >= 15 is 0 Å². The van der Waals surface area contributed by atoms with Gasteiger partial charge in [-0.15, -0.1) is 0 Å². The molecule has 0 unspecified atom stereocenters. The van der Waals surface area contributed by atoms with E-state index in [0.717, 1.165) is 0 Å². The molecule has 0 saturated carbocycles. The largest absolute Gasteiger partial charge is 1.00 e. The van der Waals surface area contributed by atoms with Crippen LogP contribution in [0.1, 0.15) is 0 Å². The van der Waals surface area contributed by atoms with Crippen LogP contribution in [0.3, 0.4) is 0 Å². The van der Waals surface area contributed by atoms with Crippen LogP contribution >= 0.6 is 0 Å². The molecule has 0 amide bonds. The molecular formula is CHNNa2O. The fourth-order valence-electron chi connectivity index (χ4n) is 0. The first-order valence-corrected chi connectivity index (χ1v) is 0.224. The van der Waals surface area contributed by atoms with E-state index in [-0.39, 0.29) is 64.6 Å². The van der Waals surface area contributed by atoms with Gasteiger partial charge in [0.25, 0.3) is 0 Å². The molecule has 0 aliphatic rings. The molecule has 0 saturated heterocycles. The Labute approximate surface area is 75.4 Å². The maximum Gasteiger partial charge on any atom is 1.00 e. The predicted molar refractivity (Wildman–Crippen MR) is 6.90 cm³/mol. The number of nitrogens with zero attached hydrogens (tertiary/aromatic N) is 1. The van der Waals surface area contributed by atoms with Gasteiger partial charge in [-0.25, -0.2) is 0 Å². The zero-order valence-electron chi connectivity index (χ0n) is 3.39. The molecule has 0 fully saturated rings. The average Bonchev–Trinajstić information content (AvgIpc) is 1.00. The quantitative estimate of drug-likeness (QED) is 0.219. The average molecular weight is 89.0 g/mol. The topological polar surface area (TPSA) is 53.8 Å². The van der Waals surface area contributed by atoms with Crippen molar-refractivity contribution < 1.29 is 64.6 Å². The van der Waals surface area contributed by atoms with Crippen molar-refractivity contribution in [2.24, 2.45) is 0 Å². The minimum atomic E-state index is 0. The summed E-state index contributed by atoms with van der Waals surface area (Å²) in [6.07, 6.45) is 0. The standard InChI is InChI=1S/CN.2Na.H2O/c1-2;;;/h;;;1H2/q-1;2*+1;/p-1. The van der Waals surface area contributed by atoms with Crippen molar-refractivity contribution in [1.29, 1.82) is 5.26 Å². The van der Waals surface area contributed by atoms with E-state index in [1.807, 2.05) is 0 Å². The normalized spacial score (nSPS) is 0.400. The van der Waals surface area contributed by atoms with Gasteiger partial charge in [-0.3, -0.25) is 0 Å². The van der Waals surface area contributed by atoms with Gasteiger partial charge >= 0.3 is 59.1 Å². The number of hydrogen-bond acceptors (Lipinski definition) is 2. The molecule has 0 aromatic heterocycles. The molecule has 5 heavy (non-hydrogen) atoms. The third-order valence-corrected chi connectivity index (χ3v) is 0. The van der Waals surface area contributed by atoms with E-state index in [1.165, 1.54) is 0 Å². The van der Waals surface area contributed by atoms with Crippen LogP contribution in [0.4, 0.5) is 0 Å². The molecular weight excluding hydrogens is 88.0 g/mol. The molecule has 0 aliphatic carbocycles. The monoisotopic (exact) mass is 89.0 g/mol. The van der Waals surface area contributed by atoms with Crippen molar-refractivity contribution in [2.75, 3.05) is 0 Å². The smallest absolute Gasteiger partial charge is 0.870 e. The predicted octanol–water partition coefficient (Wildman–Crippen LogP) is -6.07. The second-order valence-electron chi connectivity index (χ2n) is 0. The molecule has 0 atom stereocenters. The fourth-order valence-corrected chi connectivity index (χ4v) is 0. The van der Waals surface area contributed by atoms with E-state index in [9.17, 15) is 0 Å². The molecule has 2 nitrogen and oxygen atoms in total. The van der Waals surface area contributed by atoms with Gasteiger partial charge in [0.1, 0.15) is 0 Å². The van der Waals surface area contributed by atoms with E-state index in [1.54, 1.807) is 0 Å². The Bertz CT molecular complexity index is 14.4. The van der Waals surface area contributed by atoms with E-state index in [0.29, 0.717) is 0 Å². The summed E-state index contributed by atoms with van der Waals surface area (Å²) >= 11 is 0. The van der Waals surface area contributed by atoms with Crippen LogP contribution in [0.25, 0.3) is 0 Å². The molecule has 1 N–H and O–H groups in total. The minimum Gasteiger partial charge on any atom is -0.870 e. The third-order valence-electron chi connectivity index (χ3n) is 0. The molecule has 0 aliphatic heterocycles. The van der Waals surface area contributed by atoms with Crippen LogP contribution in [-0.4, -0.2) is 5.48 Å². The van der Waals surface area contributed by atoms with Gasteiger partial charge in [-0.05, 0) is 0 Å². The van der Waals surface area contributed by atoms with E-state index < -0.39 is 0 Å². The molecule has 0 aromatic carbocycles. The van der Waals surface area contributed by atoms with Crippen molar-refractivity contribution in [3.05, 3.63) is 6.57 Å². The first-order chi connectivity index (χ1) is 1.00.